The Bertz CT molecular complexity index is 1560. The predicted octanol–water partition coefficient (Wildman–Crippen LogP) is 4.89. The van der Waals surface area contributed by atoms with Gasteiger partial charge in [0.25, 0.3) is 0 Å². The molecule has 0 radical (unpaired) electrons. The number of rotatable bonds is 4. The van der Waals surface area contributed by atoms with Gasteiger partial charge in [0.05, 0.1) is 34.8 Å². The van der Waals surface area contributed by atoms with Crippen LogP contribution >= 0.6 is 23.2 Å². The molecule has 6 rings (SSSR count). The van der Waals surface area contributed by atoms with Gasteiger partial charge in [-0.3, -0.25) is 4.68 Å². The van der Waals surface area contributed by atoms with Crippen molar-refractivity contribution < 1.29 is 9.50 Å². The molecule has 0 amide bonds. The normalized spacial score (nSPS) is 14.8. The zero-order valence-corrected chi connectivity index (χ0v) is 18.9. The lowest BCUT2D eigenvalue weighted by Crippen LogP contribution is -2.20. The lowest BCUT2D eigenvalue weighted by molar-refractivity contribution is 0.238. The van der Waals surface area contributed by atoms with E-state index in [0.29, 0.717) is 44.7 Å². The summed E-state index contributed by atoms with van der Waals surface area (Å²) >= 11 is 12.3. The van der Waals surface area contributed by atoms with Crippen molar-refractivity contribution in [2.45, 2.75) is 12.9 Å². The molecule has 3 N–H and O–H groups in total. The van der Waals surface area contributed by atoms with E-state index in [1.165, 1.54) is 6.07 Å². The number of hydrogen-bond acceptors (Lipinski definition) is 6. The minimum Gasteiger partial charge on any atom is -0.357 e. The molecule has 0 fully saturated rings. The third-order valence-electron chi connectivity index (χ3n) is 5.69. The molecular weight excluding hydrogens is 480 g/mol. The molecule has 3 heterocycles. The van der Waals surface area contributed by atoms with Gasteiger partial charge in [-0.15, -0.1) is 5.10 Å². The minimum absolute atomic E-state index is 0.155. The Morgan fingerprint density at radius 2 is 1.85 bits per heavy atom. The highest BCUT2D eigenvalue weighted by Crippen LogP contribution is 2.33. The van der Waals surface area contributed by atoms with E-state index in [4.69, 9.17) is 23.2 Å². The lowest BCUT2D eigenvalue weighted by atomic mass is 10.1. The number of nitrogens with zero attached hydrogens (tertiary/aromatic N) is 5. The van der Waals surface area contributed by atoms with Gasteiger partial charge in [0.2, 0.25) is 6.35 Å². The van der Waals surface area contributed by atoms with Gasteiger partial charge in [-0.25, -0.2) is 9.07 Å². The quantitative estimate of drug-likeness (QED) is 0.328. The van der Waals surface area contributed by atoms with Gasteiger partial charge in [0.15, 0.2) is 5.82 Å². The third-order valence-corrected chi connectivity index (χ3v) is 6.27. The molecule has 1 atom stereocenters. The maximum Gasteiger partial charge on any atom is 0.202 e. The molecular formula is C23H16Cl2FN7O. The first-order valence-electron chi connectivity index (χ1n) is 10.3. The SMILES string of the molecule is OC1Nc2ccc(-n3nnc4c(F)cc(-c5ccnn5Cc5ccc(Cl)cc5Cl)cc43)cc2N1. The predicted molar refractivity (Wildman–Crippen MR) is 129 cm³/mol. The zero-order chi connectivity index (χ0) is 23.4. The van der Waals surface area contributed by atoms with Crippen molar-refractivity contribution in [3.63, 3.8) is 0 Å². The van der Waals surface area contributed by atoms with Crippen LogP contribution in [0.4, 0.5) is 15.8 Å². The van der Waals surface area contributed by atoms with Crippen LogP contribution in [0.25, 0.3) is 28.0 Å². The fraction of sp³-hybridized carbons (Fsp3) is 0.0870. The number of anilines is 2. The van der Waals surface area contributed by atoms with Crippen LogP contribution < -0.4 is 10.6 Å². The van der Waals surface area contributed by atoms with Crippen molar-refractivity contribution in [1.82, 2.24) is 24.8 Å². The maximum absolute atomic E-state index is 15.1. The molecule has 1 aliphatic heterocycles. The summed E-state index contributed by atoms with van der Waals surface area (Å²) in [7, 11) is 0. The van der Waals surface area contributed by atoms with Gasteiger partial charge >= 0.3 is 0 Å². The van der Waals surface area contributed by atoms with E-state index < -0.39 is 12.2 Å². The third kappa shape index (κ3) is 3.54. The van der Waals surface area contributed by atoms with E-state index in [9.17, 15) is 5.11 Å². The van der Waals surface area contributed by atoms with E-state index in [1.54, 1.807) is 27.7 Å². The van der Waals surface area contributed by atoms with Crippen LogP contribution in [0.3, 0.4) is 0 Å². The Balaban J connectivity index is 1.42. The van der Waals surface area contributed by atoms with Crippen molar-refractivity contribution in [1.29, 1.82) is 0 Å². The molecule has 2 aromatic heterocycles. The minimum atomic E-state index is -0.865. The molecule has 5 aromatic rings. The first-order valence-corrected chi connectivity index (χ1v) is 11.1. The second kappa shape index (κ2) is 7.98. The molecule has 0 saturated heterocycles. The molecule has 1 unspecified atom stereocenters. The van der Waals surface area contributed by atoms with Gasteiger partial charge in [0.1, 0.15) is 5.52 Å². The van der Waals surface area contributed by atoms with Crippen LogP contribution in [0, 0.1) is 5.82 Å². The second-order valence-corrected chi connectivity index (χ2v) is 8.70. The standard InChI is InChI=1S/C23H16Cl2FN7O/c24-14-2-1-12(16(25)9-14)11-32-20(5-6-27-32)13-7-17(26)22-21(8-13)33(31-30-22)15-3-4-18-19(10-15)29-23(34)28-18/h1-10,23,28-29,34H,11H2. The molecule has 11 heteroatoms. The number of fused-ring (bicyclic) bond motifs is 2. The van der Waals surface area contributed by atoms with E-state index in [-0.39, 0.29) is 5.52 Å². The number of aliphatic hydroxyl groups excluding tert-OH is 1. The summed E-state index contributed by atoms with van der Waals surface area (Å²) in [6, 6.07) is 15.8. The monoisotopic (exact) mass is 495 g/mol. The summed E-state index contributed by atoms with van der Waals surface area (Å²) in [5, 5.41) is 29.2. The Morgan fingerprint density at radius 1 is 1.00 bits per heavy atom. The summed E-state index contributed by atoms with van der Waals surface area (Å²) in [4.78, 5) is 0. The summed E-state index contributed by atoms with van der Waals surface area (Å²) < 4.78 is 18.4. The van der Waals surface area contributed by atoms with Gasteiger partial charge in [-0.1, -0.05) is 34.5 Å². The molecule has 1 aliphatic rings. The number of aliphatic hydroxyl groups is 1. The summed E-state index contributed by atoms with van der Waals surface area (Å²) in [6.45, 7) is 0.390. The van der Waals surface area contributed by atoms with Crippen LogP contribution in [0.15, 0.2) is 60.8 Å². The second-order valence-electron chi connectivity index (χ2n) is 7.86. The number of aromatic nitrogens is 5. The van der Waals surface area contributed by atoms with Crippen LogP contribution in [0.1, 0.15) is 5.56 Å². The first-order chi connectivity index (χ1) is 16.5. The molecule has 0 aliphatic carbocycles. The van der Waals surface area contributed by atoms with Crippen LogP contribution in [0.5, 0.6) is 0 Å². The number of nitrogens with one attached hydrogen (secondary N) is 2. The molecule has 3 aromatic carbocycles. The van der Waals surface area contributed by atoms with E-state index in [1.807, 2.05) is 36.4 Å². The number of benzene rings is 3. The Kier molecular flexibility index (Phi) is 4.91. The highest BCUT2D eigenvalue weighted by Gasteiger charge is 2.20. The smallest absolute Gasteiger partial charge is 0.202 e. The van der Waals surface area contributed by atoms with Gasteiger partial charge in [-0.05, 0) is 54.1 Å². The van der Waals surface area contributed by atoms with Crippen molar-refractivity contribution in [2.24, 2.45) is 0 Å². The maximum atomic E-state index is 15.1. The highest BCUT2D eigenvalue weighted by atomic mass is 35.5. The molecule has 8 nitrogen and oxygen atoms in total. The molecule has 0 saturated carbocycles. The van der Waals surface area contributed by atoms with Crippen molar-refractivity contribution >= 4 is 45.6 Å². The fourth-order valence-corrected chi connectivity index (χ4v) is 4.54. The average molecular weight is 496 g/mol. The highest BCUT2D eigenvalue weighted by molar-refractivity contribution is 6.35. The van der Waals surface area contributed by atoms with E-state index in [0.717, 1.165) is 11.3 Å². The van der Waals surface area contributed by atoms with Gasteiger partial charge < -0.3 is 15.7 Å². The first kappa shape index (κ1) is 20.9. The lowest BCUT2D eigenvalue weighted by Gasteiger charge is -2.11. The largest absolute Gasteiger partial charge is 0.357 e. The van der Waals surface area contributed by atoms with Gasteiger partial charge in [-0.2, -0.15) is 5.10 Å². The summed E-state index contributed by atoms with van der Waals surface area (Å²) in [5.74, 6) is -0.493. The Labute approximate surface area is 202 Å². The van der Waals surface area contributed by atoms with E-state index >= 15 is 4.39 Å². The van der Waals surface area contributed by atoms with Crippen molar-refractivity contribution in [2.75, 3.05) is 10.6 Å². The number of halogens is 3. The van der Waals surface area contributed by atoms with Crippen molar-refractivity contribution in [3.05, 3.63) is 82.2 Å². The molecule has 0 spiro atoms. The topological polar surface area (TPSA) is 92.8 Å². The zero-order valence-electron chi connectivity index (χ0n) is 17.4. The number of hydrogen-bond donors (Lipinski definition) is 3. The average Bonchev–Trinajstić information content (AvgIpc) is 3.52. The van der Waals surface area contributed by atoms with Crippen LogP contribution in [-0.4, -0.2) is 36.2 Å². The van der Waals surface area contributed by atoms with E-state index in [2.05, 4.69) is 26.0 Å². The van der Waals surface area contributed by atoms with Crippen LogP contribution in [0.2, 0.25) is 10.0 Å². The van der Waals surface area contributed by atoms with Crippen molar-refractivity contribution in [3.8, 4) is 16.9 Å². The molecule has 34 heavy (non-hydrogen) atoms. The Morgan fingerprint density at radius 3 is 2.71 bits per heavy atom. The molecule has 170 valence electrons. The fourth-order valence-electron chi connectivity index (χ4n) is 4.08. The Hall–Kier alpha value is -3.66. The van der Waals surface area contributed by atoms with Crippen LogP contribution in [-0.2, 0) is 6.54 Å². The summed E-state index contributed by atoms with van der Waals surface area (Å²) in [5.41, 5.74) is 4.96. The summed E-state index contributed by atoms with van der Waals surface area (Å²) in [6.07, 6.45) is 0.789. The van der Waals surface area contributed by atoms with Gasteiger partial charge in [0, 0.05) is 21.8 Å². The molecule has 0 bridgehead atoms.